The first-order valence-electron chi connectivity index (χ1n) is 7.52. The van der Waals surface area contributed by atoms with Crippen LogP contribution in [-0.2, 0) is 0 Å². The third-order valence-electron chi connectivity index (χ3n) is 4.82. The summed E-state index contributed by atoms with van der Waals surface area (Å²) >= 11 is 0. The van der Waals surface area contributed by atoms with Crippen molar-refractivity contribution >= 4 is 11.4 Å². The normalized spacial score (nSPS) is 22.8. The molecule has 0 saturated carbocycles. The summed E-state index contributed by atoms with van der Waals surface area (Å²) in [5.41, 5.74) is 10.8. The Balaban J connectivity index is 1.92. The van der Waals surface area contributed by atoms with Gasteiger partial charge in [0, 0.05) is 29.9 Å². The van der Waals surface area contributed by atoms with Crippen molar-refractivity contribution in [2.24, 2.45) is 11.1 Å². The van der Waals surface area contributed by atoms with Gasteiger partial charge in [-0.1, -0.05) is 20.3 Å². The number of hydrogen-bond acceptors (Lipinski definition) is 3. The molecule has 3 rings (SSSR count). The van der Waals surface area contributed by atoms with Gasteiger partial charge in [-0.3, -0.25) is 5.41 Å². The molecule has 1 aliphatic rings. The zero-order chi connectivity index (χ0) is 15.0. The molecule has 1 atom stereocenters. The van der Waals surface area contributed by atoms with Crippen LogP contribution in [0.4, 0.5) is 0 Å². The van der Waals surface area contributed by atoms with Crippen molar-refractivity contribution in [2.45, 2.75) is 39.5 Å². The minimum absolute atomic E-state index is 0.294. The minimum Gasteiger partial charge on any atom is -0.402 e. The van der Waals surface area contributed by atoms with Gasteiger partial charge in [-0.15, -0.1) is 0 Å². The predicted molar refractivity (Wildman–Crippen MR) is 85.5 cm³/mol. The van der Waals surface area contributed by atoms with Crippen LogP contribution in [0, 0.1) is 10.8 Å². The summed E-state index contributed by atoms with van der Waals surface area (Å²) in [5.74, 6) is 0. The van der Waals surface area contributed by atoms with Crippen LogP contribution in [0.15, 0.2) is 42.0 Å². The minimum atomic E-state index is 0.294. The maximum absolute atomic E-state index is 8.50. The second-order valence-corrected chi connectivity index (χ2v) is 6.33. The molecule has 1 unspecified atom stereocenters. The fourth-order valence-corrected chi connectivity index (χ4v) is 3.07. The number of nitrogens with two attached hydrogens (primary N) is 1. The SMILES string of the molecule is CCC1(C)CCC(C(=N)c2ccc3nccn3c2)=C(N)C1. The Kier molecular flexibility index (Phi) is 3.32. The molecule has 1 aliphatic carbocycles. The number of nitrogens with one attached hydrogen (secondary N) is 1. The van der Waals surface area contributed by atoms with Crippen molar-refractivity contribution in [2.75, 3.05) is 0 Å². The summed E-state index contributed by atoms with van der Waals surface area (Å²) in [4.78, 5) is 4.23. The standard InChI is InChI=1S/C17H22N4/c1-3-17(2)7-6-13(14(18)10-17)16(19)12-4-5-15-20-8-9-21(15)11-12/h4-5,8-9,11,19H,3,6-7,10,18H2,1-2H3. The highest BCUT2D eigenvalue weighted by atomic mass is 15.0. The zero-order valence-electron chi connectivity index (χ0n) is 12.7. The van der Waals surface area contributed by atoms with Crippen LogP contribution in [0.3, 0.4) is 0 Å². The van der Waals surface area contributed by atoms with Crippen LogP contribution >= 0.6 is 0 Å². The third-order valence-corrected chi connectivity index (χ3v) is 4.82. The van der Waals surface area contributed by atoms with E-state index >= 15 is 0 Å². The molecule has 0 fully saturated rings. The molecular formula is C17H22N4. The highest BCUT2D eigenvalue weighted by molar-refractivity contribution is 6.11. The molecular weight excluding hydrogens is 260 g/mol. The molecule has 0 radical (unpaired) electrons. The number of aromatic nitrogens is 2. The first-order chi connectivity index (χ1) is 10.0. The second kappa shape index (κ2) is 5.02. The van der Waals surface area contributed by atoms with E-state index in [9.17, 15) is 0 Å². The van der Waals surface area contributed by atoms with Gasteiger partial charge < -0.3 is 10.1 Å². The second-order valence-electron chi connectivity index (χ2n) is 6.33. The lowest BCUT2D eigenvalue weighted by molar-refractivity contribution is 0.268. The molecule has 0 spiro atoms. The summed E-state index contributed by atoms with van der Waals surface area (Å²) in [6.45, 7) is 4.51. The number of hydrogen-bond donors (Lipinski definition) is 2. The fourth-order valence-electron chi connectivity index (χ4n) is 3.07. The smallest absolute Gasteiger partial charge is 0.136 e. The quantitative estimate of drug-likeness (QED) is 0.846. The molecule has 110 valence electrons. The molecule has 2 aromatic rings. The van der Waals surface area contributed by atoms with Gasteiger partial charge >= 0.3 is 0 Å². The lowest BCUT2D eigenvalue weighted by atomic mass is 9.72. The van der Waals surface area contributed by atoms with Crippen LogP contribution in [0.5, 0.6) is 0 Å². The molecule has 0 aliphatic heterocycles. The fraction of sp³-hybridized carbons (Fsp3) is 0.412. The van der Waals surface area contributed by atoms with Gasteiger partial charge in [0.05, 0.1) is 5.71 Å². The van der Waals surface area contributed by atoms with Gasteiger partial charge in [-0.05, 0) is 42.4 Å². The molecule has 0 saturated heterocycles. The summed E-state index contributed by atoms with van der Waals surface area (Å²) in [5, 5.41) is 8.50. The van der Waals surface area contributed by atoms with Gasteiger partial charge in [0.25, 0.3) is 0 Å². The van der Waals surface area contributed by atoms with Crippen LogP contribution in [0.2, 0.25) is 0 Å². The van der Waals surface area contributed by atoms with Crippen molar-refractivity contribution < 1.29 is 0 Å². The van der Waals surface area contributed by atoms with Crippen molar-refractivity contribution in [3.63, 3.8) is 0 Å². The van der Waals surface area contributed by atoms with E-state index in [0.717, 1.165) is 48.2 Å². The summed E-state index contributed by atoms with van der Waals surface area (Å²) in [7, 11) is 0. The maximum atomic E-state index is 8.50. The Labute approximate surface area is 125 Å². The number of fused-ring (bicyclic) bond motifs is 1. The lowest BCUT2D eigenvalue weighted by Gasteiger charge is -2.34. The summed E-state index contributed by atoms with van der Waals surface area (Å²) in [6, 6.07) is 3.90. The Hall–Kier alpha value is -2.10. The van der Waals surface area contributed by atoms with Crippen LogP contribution in [-0.4, -0.2) is 15.1 Å². The number of allylic oxidation sites excluding steroid dienone is 2. The molecule has 0 aromatic carbocycles. The highest BCUT2D eigenvalue weighted by Gasteiger charge is 2.30. The molecule has 0 bridgehead atoms. The van der Waals surface area contributed by atoms with E-state index in [1.54, 1.807) is 6.20 Å². The number of pyridine rings is 1. The first-order valence-corrected chi connectivity index (χ1v) is 7.52. The number of imidazole rings is 1. The maximum Gasteiger partial charge on any atom is 0.136 e. The molecule has 4 heteroatoms. The van der Waals surface area contributed by atoms with Crippen LogP contribution in [0.1, 0.15) is 45.1 Å². The molecule has 21 heavy (non-hydrogen) atoms. The van der Waals surface area contributed by atoms with Gasteiger partial charge in [0.1, 0.15) is 5.65 Å². The monoisotopic (exact) mass is 282 g/mol. The van der Waals surface area contributed by atoms with Gasteiger partial charge in [0.2, 0.25) is 0 Å². The lowest BCUT2D eigenvalue weighted by Crippen LogP contribution is -2.27. The zero-order valence-corrected chi connectivity index (χ0v) is 12.7. The molecule has 4 nitrogen and oxygen atoms in total. The Morgan fingerprint density at radius 3 is 3.00 bits per heavy atom. The molecule has 2 aromatic heterocycles. The molecule has 2 heterocycles. The first kappa shape index (κ1) is 13.9. The Morgan fingerprint density at radius 2 is 2.29 bits per heavy atom. The Morgan fingerprint density at radius 1 is 1.48 bits per heavy atom. The molecule has 3 N–H and O–H groups in total. The van der Waals surface area contributed by atoms with E-state index in [4.69, 9.17) is 11.1 Å². The topological polar surface area (TPSA) is 67.2 Å². The van der Waals surface area contributed by atoms with E-state index < -0.39 is 0 Å². The number of rotatable bonds is 3. The summed E-state index contributed by atoms with van der Waals surface area (Å²) in [6.07, 6.45) is 9.66. The van der Waals surface area contributed by atoms with E-state index in [1.807, 2.05) is 28.9 Å². The van der Waals surface area contributed by atoms with Gasteiger partial charge in [0.15, 0.2) is 0 Å². The van der Waals surface area contributed by atoms with Gasteiger partial charge in [-0.25, -0.2) is 4.98 Å². The largest absolute Gasteiger partial charge is 0.402 e. The van der Waals surface area contributed by atoms with Gasteiger partial charge in [-0.2, -0.15) is 0 Å². The molecule has 0 amide bonds. The van der Waals surface area contributed by atoms with E-state index in [1.165, 1.54) is 0 Å². The van der Waals surface area contributed by atoms with E-state index in [0.29, 0.717) is 11.1 Å². The van der Waals surface area contributed by atoms with Crippen LogP contribution in [0.25, 0.3) is 5.65 Å². The van der Waals surface area contributed by atoms with Crippen LogP contribution < -0.4 is 5.73 Å². The van der Waals surface area contributed by atoms with E-state index in [-0.39, 0.29) is 0 Å². The number of nitrogens with zero attached hydrogens (tertiary/aromatic N) is 2. The van der Waals surface area contributed by atoms with Crippen molar-refractivity contribution in [1.29, 1.82) is 5.41 Å². The van der Waals surface area contributed by atoms with E-state index in [2.05, 4.69) is 18.8 Å². The highest BCUT2D eigenvalue weighted by Crippen LogP contribution is 2.40. The van der Waals surface area contributed by atoms with Crippen molar-refractivity contribution in [3.8, 4) is 0 Å². The summed E-state index contributed by atoms with van der Waals surface area (Å²) < 4.78 is 1.94. The predicted octanol–water partition coefficient (Wildman–Crippen LogP) is 3.52. The average Bonchev–Trinajstić information content (AvgIpc) is 2.94. The van der Waals surface area contributed by atoms with Crippen molar-refractivity contribution in [1.82, 2.24) is 9.38 Å². The average molecular weight is 282 g/mol. The third kappa shape index (κ3) is 2.46. The van der Waals surface area contributed by atoms with Crippen molar-refractivity contribution in [3.05, 3.63) is 47.6 Å². The Bertz CT molecular complexity index is 725.